The van der Waals surface area contributed by atoms with E-state index >= 15 is 0 Å². The van der Waals surface area contributed by atoms with Gasteiger partial charge in [0, 0.05) is 39.3 Å². The Kier molecular flexibility index (Phi) is 8.85. The Morgan fingerprint density at radius 2 is 1.96 bits per heavy atom. The summed E-state index contributed by atoms with van der Waals surface area (Å²) in [4.78, 5) is 4.78. The number of aliphatic hydroxyl groups is 1. The number of rotatable bonds is 10. The molecular weight excluding hydrogens is 316 g/mol. The number of nitrogens with zero attached hydrogens (tertiary/aromatic N) is 2. The molecule has 1 fully saturated rings. The third kappa shape index (κ3) is 7.84. The quantitative estimate of drug-likeness (QED) is 0.698. The highest BCUT2D eigenvalue weighted by Crippen LogP contribution is 2.11. The van der Waals surface area contributed by atoms with Crippen LogP contribution >= 0.6 is 0 Å². The van der Waals surface area contributed by atoms with Gasteiger partial charge in [0.1, 0.15) is 0 Å². The van der Waals surface area contributed by atoms with Crippen molar-refractivity contribution in [1.82, 2.24) is 9.80 Å². The molecule has 1 unspecified atom stereocenters. The minimum Gasteiger partial charge on any atom is -0.389 e. The minimum absolute atomic E-state index is 0.146. The molecule has 0 aromatic heterocycles. The number of aliphatic hydroxyl groups excluding tert-OH is 1. The molecule has 5 heteroatoms. The zero-order chi connectivity index (χ0) is 18.1. The predicted molar refractivity (Wildman–Crippen MR) is 101 cm³/mol. The van der Waals surface area contributed by atoms with Gasteiger partial charge in [-0.25, -0.2) is 0 Å². The first-order valence-corrected chi connectivity index (χ1v) is 9.41. The maximum atomic E-state index is 10.4. The highest BCUT2D eigenvalue weighted by Gasteiger charge is 2.16. The van der Waals surface area contributed by atoms with Crippen LogP contribution in [0.5, 0.6) is 0 Å². The van der Waals surface area contributed by atoms with Gasteiger partial charge < -0.3 is 14.6 Å². The highest BCUT2D eigenvalue weighted by atomic mass is 16.5. The lowest BCUT2D eigenvalue weighted by Gasteiger charge is -2.31. The lowest BCUT2D eigenvalue weighted by molar-refractivity contribution is -0.0129. The maximum Gasteiger partial charge on any atom is 0.0900 e. The van der Waals surface area contributed by atoms with Crippen LogP contribution in [-0.4, -0.2) is 79.7 Å². The van der Waals surface area contributed by atoms with E-state index in [-0.39, 0.29) is 6.10 Å². The van der Waals surface area contributed by atoms with Crippen molar-refractivity contribution in [2.24, 2.45) is 0 Å². The van der Waals surface area contributed by atoms with E-state index in [9.17, 15) is 5.11 Å². The molecule has 1 aromatic carbocycles. The fraction of sp³-hybridized carbons (Fsp3) is 0.700. The van der Waals surface area contributed by atoms with Crippen molar-refractivity contribution in [1.29, 1.82) is 0 Å². The fourth-order valence-corrected chi connectivity index (χ4v) is 3.03. The summed E-state index contributed by atoms with van der Waals surface area (Å²) in [5.41, 5.74) is 2.62. The largest absolute Gasteiger partial charge is 0.389 e. The summed E-state index contributed by atoms with van der Waals surface area (Å²) in [5.74, 6) is 0. The van der Waals surface area contributed by atoms with Crippen LogP contribution in [0.25, 0.3) is 0 Å². The number of morpholine rings is 1. The number of aryl methyl sites for hydroxylation is 1. The van der Waals surface area contributed by atoms with E-state index in [0.717, 1.165) is 45.9 Å². The molecule has 1 aliphatic heterocycles. The first-order valence-electron chi connectivity index (χ1n) is 9.41. The molecule has 0 spiro atoms. The Morgan fingerprint density at radius 1 is 1.24 bits per heavy atom. The first-order chi connectivity index (χ1) is 12.0. The summed E-state index contributed by atoms with van der Waals surface area (Å²) < 4.78 is 11.0. The summed E-state index contributed by atoms with van der Waals surface area (Å²) in [6.45, 7) is 13.6. The summed E-state index contributed by atoms with van der Waals surface area (Å²) in [5, 5.41) is 10.4. The monoisotopic (exact) mass is 350 g/mol. The molecule has 1 aromatic rings. The van der Waals surface area contributed by atoms with Gasteiger partial charge in [-0.05, 0) is 31.9 Å². The molecule has 0 aliphatic carbocycles. The molecular formula is C20H34N2O3. The van der Waals surface area contributed by atoms with Gasteiger partial charge in [0.05, 0.1) is 32.0 Å². The van der Waals surface area contributed by atoms with E-state index in [1.807, 2.05) is 13.8 Å². The molecule has 0 radical (unpaired) electrons. The average Bonchev–Trinajstić information content (AvgIpc) is 2.60. The summed E-state index contributed by atoms with van der Waals surface area (Å²) >= 11 is 0. The van der Waals surface area contributed by atoms with Gasteiger partial charge in [0.25, 0.3) is 0 Å². The fourth-order valence-electron chi connectivity index (χ4n) is 3.03. The van der Waals surface area contributed by atoms with Crippen LogP contribution in [0.15, 0.2) is 24.3 Å². The molecule has 0 saturated carbocycles. The van der Waals surface area contributed by atoms with Crippen molar-refractivity contribution < 1.29 is 14.6 Å². The second kappa shape index (κ2) is 10.9. The summed E-state index contributed by atoms with van der Waals surface area (Å²) in [7, 11) is 0. The van der Waals surface area contributed by atoms with Gasteiger partial charge in [-0.1, -0.05) is 24.3 Å². The molecule has 1 N–H and O–H groups in total. The normalized spacial score (nSPS) is 17.4. The molecule has 2 rings (SSSR count). The molecule has 1 heterocycles. The molecule has 1 atom stereocenters. The van der Waals surface area contributed by atoms with Crippen LogP contribution in [0, 0.1) is 6.92 Å². The van der Waals surface area contributed by atoms with Crippen molar-refractivity contribution >= 4 is 0 Å². The third-order valence-electron chi connectivity index (χ3n) is 4.58. The first kappa shape index (κ1) is 20.3. The summed E-state index contributed by atoms with van der Waals surface area (Å²) in [6, 6.07) is 8.48. The Labute approximate surface area is 152 Å². The maximum absolute atomic E-state index is 10.4. The molecule has 25 heavy (non-hydrogen) atoms. The molecule has 1 aliphatic rings. The van der Waals surface area contributed by atoms with E-state index in [0.29, 0.717) is 13.2 Å². The highest BCUT2D eigenvalue weighted by molar-refractivity contribution is 5.25. The SMILES string of the molecule is Cc1ccccc1CN(CCN1CCOCC1)CC(O)COC(C)C. The number of ether oxygens (including phenoxy) is 2. The van der Waals surface area contributed by atoms with Crippen LogP contribution in [0.4, 0.5) is 0 Å². The third-order valence-corrected chi connectivity index (χ3v) is 4.58. The van der Waals surface area contributed by atoms with Crippen molar-refractivity contribution in [2.75, 3.05) is 52.5 Å². The van der Waals surface area contributed by atoms with Crippen LogP contribution in [0.3, 0.4) is 0 Å². The molecule has 142 valence electrons. The second-order valence-electron chi connectivity index (χ2n) is 7.15. The number of hydrogen-bond acceptors (Lipinski definition) is 5. The second-order valence-corrected chi connectivity index (χ2v) is 7.15. The van der Waals surface area contributed by atoms with Gasteiger partial charge >= 0.3 is 0 Å². The zero-order valence-electron chi connectivity index (χ0n) is 16.0. The minimum atomic E-state index is -0.462. The Bertz CT molecular complexity index is 490. The van der Waals surface area contributed by atoms with E-state index < -0.39 is 6.10 Å². The van der Waals surface area contributed by atoms with Crippen LogP contribution in [0.2, 0.25) is 0 Å². The molecule has 1 saturated heterocycles. The van der Waals surface area contributed by atoms with Crippen LogP contribution < -0.4 is 0 Å². The van der Waals surface area contributed by atoms with Gasteiger partial charge in [-0.2, -0.15) is 0 Å². The Morgan fingerprint density at radius 3 is 2.64 bits per heavy atom. The van der Waals surface area contributed by atoms with E-state index in [1.165, 1.54) is 11.1 Å². The lowest BCUT2D eigenvalue weighted by atomic mass is 10.1. The molecule has 5 nitrogen and oxygen atoms in total. The van der Waals surface area contributed by atoms with Crippen molar-refractivity contribution in [3.8, 4) is 0 Å². The van der Waals surface area contributed by atoms with Gasteiger partial charge in [-0.15, -0.1) is 0 Å². The van der Waals surface area contributed by atoms with Crippen LogP contribution in [0.1, 0.15) is 25.0 Å². The van der Waals surface area contributed by atoms with Gasteiger partial charge in [0.15, 0.2) is 0 Å². The average molecular weight is 351 g/mol. The number of hydrogen-bond donors (Lipinski definition) is 1. The zero-order valence-corrected chi connectivity index (χ0v) is 16.0. The molecule has 0 bridgehead atoms. The lowest BCUT2D eigenvalue weighted by Crippen LogP contribution is -2.43. The van der Waals surface area contributed by atoms with Crippen molar-refractivity contribution in [2.45, 2.75) is 39.5 Å². The Hall–Kier alpha value is -0.980. The van der Waals surface area contributed by atoms with Gasteiger partial charge in [-0.3, -0.25) is 9.80 Å². The van der Waals surface area contributed by atoms with Crippen molar-refractivity contribution in [3.05, 3.63) is 35.4 Å². The van der Waals surface area contributed by atoms with E-state index in [4.69, 9.17) is 9.47 Å². The van der Waals surface area contributed by atoms with E-state index in [2.05, 4.69) is 41.0 Å². The van der Waals surface area contributed by atoms with Crippen molar-refractivity contribution in [3.63, 3.8) is 0 Å². The molecule has 0 amide bonds. The Balaban J connectivity index is 1.90. The number of benzene rings is 1. The van der Waals surface area contributed by atoms with Crippen LogP contribution in [-0.2, 0) is 16.0 Å². The topological polar surface area (TPSA) is 45.2 Å². The van der Waals surface area contributed by atoms with E-state index in [1.54, 1.807) is 0 Å². The standard InChI is InChI=1S/C20H34N2O3/c1-17(2)25-16-20(23)15-22(9-8-21-10-12-24-13-11-21)14-19-7-5-4-6-18(19)3/h4-7,17,20,23H,8-16H2,1-3H3. The van der Waals surface area contributed by atoms with Gasteiger partial charge in [0.2, 0.25) is 0 Å². The summed E-state index contributed by atoms with van der Waals surface area (Å²) in [6.07, 6.45) is -0.316. The smallest absolute Gasteiger partial charge is 0.0900 e. The predicted octanol–water partition coefficient (Wildman–Crippen LogP) is 1.92.